The molecule has 2 amide bonds. The lowest BCUT2D eigenvalue weighted by Gasteiger charge is -2.12. The molecule has 2 heterocycles. The molecule has 40 heavy (non-hydrogen) atoms. The van der Waals surface area contributed by atoms with Crippen LogP contribution in [0, 0.1) is 6.92 Å². The Bertz CT molecular complexity index is 1660. The Morgan fingerprint density at radius 2 is 1.88 bits per heavy atom. The maximum atomic E-state index is 12.7. The van der Waals surface area contributed by atoms with E-state index >= 15 is 0 Å². The van der Waals surface area contributed by atoms with Gasteiger partial charge in [0.1, 0.15) is 5.75 Å². The number of thioether (sulfide) groups is 1. The third kappa shape index (κ3) is 6.92. The van der Waals surface area contributed by atoms with Crippen LogP contribution in [0.5, 0.6) is 5.75 Å². The lowest BCUT2D eigenvalue weighted by molar-refractivity contribution is -0.123. The van der Waals surface area contributed by atoms with Gasteiger partial charge in [-0.2, -0.15) is 0 Å². The maximum Gasteiger partial charge on any atom is 0.258 e. The molecule has 2 N–H and O–H groups in total. The average molecular weight is 614 g/mol. The molecule has 0 atom stereocenters. The fraction of sp³-hybridized carbons (Fsp3) is 0.148. The predicted octanol–water partition coefficient (Wildman–Crippen LogP) is 5.92. The number of aromatic nitrogens is 4. The van der Waals surface area contributed by atoms with E-state index < -0.39 is 0 Å². The highest BCUT2D eigenvalue weighted by Gasteiger charge is 2.18. The van der Waals surface area contributed by atoms with Crippen molar-refractivity contribution >= 4 is 73.5 Å². The molecule has 3 aromatic carbocycles. The zero-order valence-electron chi connectivity index (χ0n) is 21.1. The van der Waals surface area contributed by atoms with Crippen LogP contribution in [0.1, 0.15) is 11.4 Å². The van der Waals surface area contributed by atoms with Crippen molar-refractivity contribution in [3.05, 3.63) is 88.2 Å². The Balaban J connectivity index is 1.25. The summed E-state index contributed by atoms with van der Waals surface area (Å²) in [6, 6.07) is 20.3. The van der Waals surface area contributed by atoms with Gasteiger partial charge in [-0.3, -0.25) is 14.2 Å². The van der Waals surface area contributed by atoms with Crippen LogP contribution in [0.15, 0.2) is 71.9 Å². The second-order valence-corrected chi connectivity index (χ2v) is 11.4. The topological polar surface area (TPSA) is 111 Å². The monoisotopic (exact) mass is 612 g/mol. The van der Waals surface area contributed by atoms with E-state index in [0.717, 1.165) is 21.5 Å². The van der Waals surface area contributed by atoms with Gasteiger partial charge in [-0.15, -0.1) is 10.2 Å². The SMILES string of the molecule is Cc1cccc(-n2c(CNC(=O)COc3ccc(Cl)cc3Cl)nnc2SCC(=O)Nc2nc3ccccc3s2)c1. The Labute approximate surface area is 247 Å². The van der Waals surface area contributed by atoms with Crippen LogP contribution in [0.2, 0.25) is 10.0 Å². The molecule has 9 nitrogen and oxygen atoms in total. The third-order valence-corrected chi connectivity index (χ3v) is 7.94. The third-order valence-electron chi connectivity index (χ3n) is 5.53. The second kappa shape index (κ2) is 12.7. The zero-order valence-corrected chi connectivity index (χ0v) is 24.2. The smallest absolute Gasteiger partial charge is 0.258 e. The molecule has 0 saturated heterocycles. The van der Waals surface area contributed by atoms with Crippen LogP contribution in [0.4, 0.5) is 5.13 Å². The van der Waals surface area contributed by atoms with Gasteiger partial charge in [0.15, 0.2) is 22.7 Å². The van der Waals surface area contributed by atoms with Gasteiger partial charge in [0.25, 0.3) is 5.91 Å². The van der Waals surface area contributed by atoms with Crippen molar-refractivity contribution < 1.29 is 14.3 Å². The van der Waals surface area contributed by atoms with Gasteiger partial charge < -0.3 is 15.4 Å². The Hall–Kier alpha value is -3.64. The molecule has 5 rings (SSSR count). The fourth-order valence-electron chi connectivity index (χ4n) is 3.71. The molecule has 0 unspecified atom stereocenters. The molecule has 0 aliphatic carbocycles. The van der Waals surface area contributed by atoms with E-state index in [-0.39, 0.29) is 30.7 Å². The number of thiazole rings is 1. The molecule has 2 aromatic heterocycles. The van der Waals surface area contributed by atoms with Crippen LogP contribution in [0.3, 0.4) is 0 Å². The minimum absolute atomic E-state index is 0.0932. The van der Waals surface area contributed by atoms with Crippen molar-refractivity contribution in [2.24, 2.45) is 0 Å². The van der Waals surface area contributed by atoms with Crippen molar-refractivity contribution in [1.82, 2.24) is 25.1 Å². The zero-order chi connectivity index (χ0) is 28.1. The van der Waals surface area contributed by atoms with Crippen molar-refractivity contribution in [2.75, 3.05) is 17.7 Å². The number of carbonyl (C=O) groups is 2. The fourth-order valence-corrected chi connectivity index (χ4v) is 5.83. The molecule has 0 spiro atoms. The standard InChI is InChI=1S/C27H22Cl2N6O3S2/c1-16-5-4-6-18(11-16)35-23(13-30-24(36)14-38-21-10-9-17(28)12-19(21)29)33-34-27(35)39-15-25(37)32-26-31-20-7-2-3-8-22(20)40-26/h2-12H,13-15H2,1H3,(H,30,36)(H,31,32,37). The summed E-state index contributed by atoms with van der Waals surface area (Å²) in [6.07, 6.45) is 0. The summed E-state index contributed by atoms with van der Waals surface area (Å²) < 4.78 is 8.33. The lowest BCUT2D eigenvalue weighted by atomic mass is 10.2. The Kier molecular flexibility index (Phi) is 8.85. The van der Waals surface area contributed by atoms with E-state index in [9.17, 15) is 9.59 Å². The number of halogens is 2. The summed E-state index contributed by atoms with van der Waals surface area (Å²) in [6.45, 7) is 1.83. The molecule has 0 aliphatic heterocycles. The number of anilines is 1. The molecule has 5 aromatic rings. The highest BCUT2D eigenvalue weighted by molar-refractivity contribution is 7.99. The Morgan fingerprint density at radius 1 is 1.02 bits per heavy atom. The number of aryl methyl sites for hydroxylation is 1. The molecule has 0 fully saturated rings. The van der Waals surface area contributed by atoms with E-state index in [1.807, 2.05) is 60.0 Å². The summed E-state index contributed by atoms with van der Waals surface area (Å²) in [5.74, 6) is 0.372. The molecular weight excluding hydrogens is 591 g/mol. The molecule has 13 heteroatoms. The van der Waals surface area contributed by atoms with Gasteiger partial charge in [0, 0.05) is 10.7 Å². The highest BCUT2D eigenvalue weighted by Crippen LogP contribution is 2.28. The summed E-state index contributed by atoms with van der Waals surface area (Å²) in [5, 5.41) is 16.1. The largest absolute Gasteiger partial charge is 0.482 e. The first kappa shape index (κ1) is 27.9. The van der Waals surface area contributed by atoms with Crippen molar-refractivity contribution in [3.8, 4) is 11.4 Å². The van der Waals surface area contributed by atoms with Crippen molar-refractivity contribution in [2.45, 2.75) is 18.6 Å². The number of nitrogens with one attached hydrogen (secondary N) is 2. The number of ether oxygens (including phenoxy) is 1. The van der Waals surface area contributed by atoms with Gasteiger partial charge >= 0.3 is 0 Å². The lowest BCUT2D eigenvalue weighted by Crippen LogP contribution is -2.29. The number of benzene rings is 3. The predicted molar refractivity (Wildman–Crippen MR) is 159 cm³/mol. The van der Waals surface area contributed by atoms with E-state index in [0.29, 0.717) is 31.9 Å². The van der Waals surface area contributed by atoms with Crippen LogP contribution in [-0.4, -0.2) is 43.9 Å². The van der Waals surface area contributed by atoms with Crippen molar-refractivity contribution in [3.63, 3.8) is 0 Å². The summed E-state index contributed by atoms with van der Waals surface area (Å²) >= 11 is 14.7. The van der Waals surface area contributed by atoms with E-state index in [4.69, 9.17) is 27.9 Å². The van der Waals surface area contributed by atoms with Gasteiger partial charge in [-0.1, -0.05) is 70.6 Å². The molecule has 0 bridgehead atoms. The maximum absolute atomic E-state index is 12.7. The summed E-state index contributed by atoms with van der Waals surface area (Å²) in [7, 11) is 0. The number of carbonyl (C=O) groups excluding carboxylic acids is 2. The minimum Gasteiger partial charge on any atom is -0.482 e. The van der Waals surface area contributed by atoms with Gasteiger partial charge in [-0.05, 0) is 55.0 Å². The van der Waals surface area contributed by atoms with E-state index in [1.54, 1.807) is 18.2 Å². The molecule has 204 valence electrons. The number of amides is 2. The number of hydrogen-bond acceptors (Lipinski definition) is 8. The first-order valence-electron chi connectivity index (χ1n) is 12.0. The molecule has 0 saturated carbocycles. The van der Waals surface area contributed by atoms with Gasteiger partial charge in [0.2, 0.25) is 5.91 Å². The van der Waals surface area contributed by atoms with Crippen LogP contribution < -0.4 is 15.4 Å². The first-order chi connectivity index (χ1) is 19.4. The van der Waals surface area contributed by atoms with Gasteiger partial charge in [0.05, 0.1) is 27.5 Å². The normalized spacial score (nSPS) is 11.0. The number of rotatable bonds is 10. The number of para-hydroxylation sites is 1. The average Bonchev–Trinajstić information content (AvgIpc) is 3.53. The van der Waals surface area contributed by atoms with E-state index in [1.165, 1.54) is 23.1 Å². The number of fused-ring (bicyclic) bond motifs is 1. The first-order valence-corrected chi connectivity index (χ1v) is 14.6. The summed E-state index contributed by atoms with van der Waals surface area (Å²) in [5.41, 5.74) is 2.69. The number of hydrogen-bond donors (Lipinski definition) is 2. The highest BCUT2D eigenvalue weighted by atomic mass is 35.5. The molecule has 0 aliphatic rings. The quantitative estimate of drug-likeness (QED) is 0.188. The van der Waals surface area contributed by atoms with Gasteiger partial charge in [-0.25, -0.2) is 4.98 Å². The van der Waals surface area contributed by atoms with Crippen LogP contribution in [0.25, 0.3) is 15.9 Å². The van der Waals surface area contributed by atoms with Crippen LogP contribution in [-0.2, 0) is 16.1 Å². The second-order valence-electron chi connectivity index (χ2n) is 8.54. The van der Waals surface area contributed by atoms with Crippen molar-refractivity contribution in [1.29, 1.82) is 0 Å². The minimum atomic E-state index is -0.366. The van der Waals surface area contributed by atoms with Crippen LogP contribution >= 0.6 is 46.3 Å². The van der Waals surface area contributed by atoms with E-state index in [2.05, 4.69) is 25.8 Å². The Morgan fingerprint density at radius 3 is 2.67 bits per heavy atom. The molecular formula is C27H22Cl2N6O3S2. The number of nitrogens with zero attached hydrogens (tertiary/aromatic N) is 4. The molecule has 0 radical (unpaired) electrons. The summed E-state index contributed by atoms with van der Waals surface area (Å²) in [4.78, 5) is 29.7.